The molecule has 0 fully saturated rings. The summed E-state index contributed by atoms with van der Waals surface area (Å²) in [5.41, 5.74) is 0.803. The Morgan fingerprint density at radius 2 is 1.96 bits per heavy atom. The highest BCUT2D eigenvalue weighted by Crippen LogP contribution is 2.22. The monoisotopic (exact) mass is 364 g/mol. The number of esters is 1. The predicted molar refractivity (Wildman–Crippen MR) is 91.7 cm³/mol. The van der Waals surface area contributed by atoms with E-state index in [1.165, 1.54) is 25.6 Å². The molecule has 0 aliphatic rings. The third kappa shape index (κ3) is 5.01. The zero-order chi connectivity index (χ0) is 18.3. The highest BCUT2D eigenvalue weighted by molar-refractivity contribution is 7.89. The van der Waals surface area contributed by atoms with E-state index in [4.69, 9.17) is 9.47 Å². The topological polar surface area (TPSA) is 94.6 Å². The number of aromatic nitrogens is 1. The molecule has 1 heterocycles. The van der Waals surface area contributed by atoms with Crippen LogP contribution in [-0.4, -0.2) is 39.1 Å². The van der Waals surface area contributed by atoms with Gasteiger partial charge in [0.15, 0.2) is 0 Å². The first-order chi connectivity index (χ1) is 12.0. The molecule has 0 spiro atoms. The zero-order valence-corrected chi connectivity index (χ0v) is 14.8. The van der Waals surface area contributed by atoms with Crippen molar-refractivity contribution in [1.82, 2.24) is 9.71 Å². The number of hydrogen-bond acceptors (Lipinski definition) is 6. The Kier molecular flexibility index (Phi) is 6.49. The molecule has 8 heteroatoms. The zero-order valence-electron chi connectivity index (χ0n) is 14.0. The highest BCUT2D eigenvalue weighted by Gasteiger charge is 2.29. The summed E-state index contributed by atoms with van der Waals surface area (Å²) >= 11 is 0. The minimum atomic E-state index is -4.03. The second-order valence-electron chi connectivity index (χ2n) is 5.14. The van der Waals surface area contributed by atoms with Gasteiger partial charge >= 0.3 is 5.97 Å². The van der Waals surface area contributed by atoms with Gasteiger partial charge < -0.3 is 9.47 Å². The van der Waals surface area contributed by atoms with E-state index in [1.54, 1.807) is 19.1 Å². The standard InChI is InChI=1S/C17H20N2O5S/c1-3-24-15-9-10-18-12-16(15)25(21,22)19-14(17(20)23-2)11-13-7-5-4-6-8-13/h4-10,12,14,19H,3,11H2,1-2H3/t14-/m0/s1. The van der Waals surface area contributed by atoms with Gasteiger partial charge in [0.1, 0.15) is 16.7 Å². The second-order valence-corrected chi connectivity index (χ2v) is 6.82. The molecule has 0 aliphatic heterocycles. The molecule has 0 amide bonds. The summed E-state index contributed by atoms with van der Waals surface area (Å²) in [7, 11) is -2.81. The molecule has 7 nitrogen and oxygen atoms in total. The lowest BCUT2D eigenvalue weighted by molar-refractivity contribution is -0.142. The normalized spacial score (nSPS) is 12.4. The number of sulfonamides is 1. The Hall–Kier alpha value is -2.45. The average molecular weight is 364 g/mol. The van der Waals surface area contributed by atoms with E-state index in [0.29, 0.717) is 6.61 Å². The molecule has 0 saturated carbocycles. The first-order valence-electron chi connectivity index (χ1n) is 7.68. The molecule has 0 saturated heterocycles. The van der Waals surface area contributed by atoms with Crippen LogP contribution in [0.25, 0.3) is 0 Å². The number of pyridine rings is 1. The molecule has 0 unspecified atom stereocenters. The van der Waals surface area contributed by atoms with Crippen LogP contribution in [0.1, 0.15) is 12.5 Å². The number of carbonyl (C=O) groups excluding carboxylic acids is 1. The number of ether oxygens (including phenoxy) is 2. The average Bonchev–Trinajstić information content (AvgIpc) is 2.62. The molecule has 1 aromatic carbocycles. The van der Waals surface area contributed by atoms with Crippen LogP contribution in [0, 0.1) is 0 Å². The van der Waals surface area contributed by atoms with Gasteiger partial charge in [0.25, 0.3) is 0 Å². The van der Waals surface area contributed by atoms with Crippen molar-refractivity contribution in [1.29, 1.82) is 0 Å². The lowest BCUT2D eigenvalue weighted by Crippen LogP contribution is -2.43. The van der Waals surface area contributed by atoms with Gasteiger partial charge in [-0.15, -0.1) is 0 Å². The molecule has 1 N–H and O–H groups in total. The van der Waals surface area contributed by atoms with Crippen LogP contribution >= 0.6 is 0 Å². The SMILES string of the molecule is CCOc1ccncc1S(=O)(=O)N[C@@H](Cc1ccccc1)C(=O)OC. The van der Waals surface area contributed by atoms with E-state index in [0.717, 1.165) is 5.56 Å². The minimum absolute atomic E-state index is 0.126. The lowest BCUT2D eigenvalue weighted by Gasteiger charge is -2.18. The van der Waals surface area contributed by atoms with E-state index in [2.05, 4.69) is 9.71 Å². The largest absolute Gasteiger partial charge is 0.492 e. The lowest BCUT2D eigenvalue weighted by atomic mass is 10.1. The summed E-state index contributed by atoms with van der Waals surface area (Å²) in [6.07, 6.45) is 2.78. The van der Waals surface area contributed by atoms with Crippen LogP contribution in [0.5, 0.6) is 5.75 Å². The van der Waals surface area contributed by atoms with Crippen molar-refractivity contribution in [3.63, 3.8) is 0 Å². The van der Waals surface area contributed by atoms with Crippen LogP contribution < -0.4 is 9.46 Å². The number of benzene rings is 1. The maximum atomic E-state index is 12.7. The van der Waals surface area contributed by atoms with E-state index in [1.807, 2.05) is 18.2 Å². The van der Waals surface area contributed by atoms with Gasteiger partial charge in [-0.05, 0) is 25.0 Å². The summed E-state index contributed by atoms with van der Waals surface area (Å²) in [4.78, 5) is 15.7. The van der Waals surface area contributed by atoms with Crippen LogP contribution in [0.4, 0.5) is 0 Å². The van der Waals surface area contributed by atoms with Crippen LogP contribution in [0.15, 0.2) is 53.7 Å². The molecular formula is C17H20N2O5S. The summed E-state index contributed by atoms with van der Waals surface area (Å²) in [6.45, 7) is 2.05. The van der Waals surface area contributed by atoms with Gasteiger partial charge in [-0.2, -0.15) is 4.72 Å². The highest BCUT2D eigenvalue weighted by atomic mass is 32.2. The molecule has 2 aromatic rings. The summed E-state index contributed by atoms with van der Waals surface area (Å²) in [5.74, 6) is -0.498. The molecule has 25 heavy (non-hydrogen) atoms. The molecular weight excluding hydrogens is 344 g/mol. The van der Waals surface area contributed by atoms with Crippen LogP contribution in [-0.2, 0) is 26.0 Å². The third-order valence-electron chi connectivity index (χ3n) is 3.40. The fourth-order valence-electron chi connectivity index (χ4n) is 2.26. The Morgan fingerprint density at radius 3 is 2.60 bits per heavy atom. The molecule has 0 radical (unpaired) electrons. The van der Waals surface area contributed by atoms with Crippen molar-refractivity contribution in [2.75, 3.05) is 13.7 Å². The Morgan fingerprint density at radius 1 is 1.24 bits per heavy atom. The fourth-order valence-corrected chi connectivity index (χ4v) is 3.53. The van der Waals surface area contributed by atoms with Crippen LogP contribution in [0.3, 0.4) is 0 Å². The maximum Gasteiger partial charge on any atom is 0.324 e. The van der Waals surface area contributed by atoms with Gasteiger partial charge in [-0.25, -0.2) is 8.42 Å². The number of hydrogen-bond donors (Lipinski definition) is 1. The van der Waals surface area contributed by atoms with E-state index in [9.17, 15) is 13.2 Å². The quantitative estimate of drug-likeness (QED) is 0.714. The molecule has 0 aliphatic carbocycles. The maximum absolute atomic E-state index is 12.7. The Labute approximate surface area is 147 Å². The molecule has 134 valence electrons. The molecule has 1 atom stereocenters. The second kappa shape index (κ2) is 8.59. The van der Waals surface area contributed by atoms with Crippen molar-refractivity contribution in [3.8, 4) is 5.75 Å². The van der Waals surface area contributed by atoms with Crippen molar-refractivity contribution >= 4 is 16.0 Å². The number of rotatable bonds is 8. The molecule has 2 rings (SSSR count). The number of nitrogens with one attached hydrogen (secondary N) is 1. The summed E-state index contributed by atoms with van der Waals surface area (Å²) < 4.78 is 37.9. The molecule has 0 bridgehead atoms. The fraction of sp³-hybridized carbons (Fsp3) is 0.294. The first-order valence-corrected chi connectivity index (χ1v) is 9.17. The molecule has 1 aromatic heterocycles. The number of nitrogens with zero attached hydrogens (tertiary/aromatic N) is 1. The van der Waals surface area contributed by atoms with Gasteiger partial charge in [0.2, 0.25) is 10.0 Å². The van der Waals surface area contributed by atoms with Crippen molar-refractivity contribution in [2.45, 2.75) is 24.3 Å². The van der Waals surface area contributed by atoms with Gasteiger partial charge in [-0.3, -0.25) is 9.78 Å². The number of methoxy groups -OCH3 is 1. The summed E-state index contributed by atoms with van der Waals surface area (Å²) in [6, 6.07) is 9.47. The summed E-state index contributed by atoms with van der Waals surface area (Å²) in [5, 5.41) is 0. The first kappa shape index (κ1) is 18.9. The smallest absolute Gasteiger partial charge is 0.324 e. The third-order valence-corrected chi connectivity index (χ3v) is 4.88. The predicted octanol–water partition coefficient (Wildman–Crippen LogP) is 1.54. The van der Waals surface area contributed by atoms with Crippen molar-refractivity contribution in [3.05, 3.63) is 54.4 Å². The Balaban J connectivity index is 2.29. The van der Waals surface area contributed by atoms with Crippen LogP contribution in [0.2, 0.25) is 0 Å². The van der Waals surface area contributed by atoms with E-state index < -0.39 is 22.0 Å². The van der Waals surface area contributed by atoms with Crippen molar-refractivity contribution < 1.29 is 22.7 Å². The van der Waals surface area contributed by atoms with Gasteiger partial charge in [0, 0.05) is 6.20 Å². The number of carbonyl (C=O) groups is 1. The van der Waals surface area contributed by atoms with E-state index in [-0.39, 0.29) is 17.1 Å². The van der Waals surface area contributed by atoms with Crippen molar-refractivity contribution in [2.24, 2.45) is 0 Å². The Bertz CT molecular complexity index is 809. The van der Waals surface area contributed by atoms with Gasteiger partial charge in [-0.1, -0.05) is 30.3 Å². The minimum Gasteiger partial charge on any atom is -0.492 e. The van der Waals surface area contributed by atoms with Gasteiger partial charge in [0.05, 0.1) is 19.9 Å². The van der Waals surface area contributed by atoms with E-state index >= 15 is 0 Å².